The third kappa shape index (κ3) is 4.04. The van der Waals surface area contributed by atoms with E-state index in [1.54, 1.807) is 6.07 Å². The number of nitrogens with one attached hydrogen (secondary N) is 1. The number of hydrogen-bond donors (Lipinski definition) is 1. The van der Waals surface area contributed by atoms with E-state index in [0.717, 1.165) is 24.5 Å². The molecule has 1 heterocycles. The molecule has 0 radical (unpaired) electrons. The van der Waals surface area contributed by atoms with Crippen LogP contribution in [-0.4, -0.2) is 29.2 Å². The van der Waals surface area contributed by atoms with Gasteiger partial charge in [0.2, 0.25) is 0 Å². The van der Waals surface area contributed by atoms with Gasteiger partial charge in [-0.2, -0.15) is 0 Å². The molecule has 0 saturated carbocycles. The van der Waals surface area contributed by atoms with Crippen molar-refractivity contribution < 1.29 is 4.79 Å². The molecular weight excluding hydrogens is 276 g/mol. The molecule has 0 atom stereocenters. The summed E-state index contributed by atoms with van der Waals surface area (Å²) in [6, 6.07) is 11.6. The molecule has 0 fully saturated rings. The second-order valence-corrected chi connectivity index (χ2v) is 5.12. The van der Waals surface area contributed by atoms with Crippen molar-refractivity contribution in [2.45, 2.75) is 27.3 Å². The number of aromatic nitrogens is 2. The van der Waals surface area contributed by atoms with E-state index in [4.69, 9.17) is 0 Å². The molecule has 2 rings (SSSR count). The van der Waals surface area contributed by atoms with E-state index >= 15 is 0 Å². The summed E-state index contributed by atoms with van der Waals surface area (Å²) >= 11 is 0. The fraction of sp³-hybridized carbons (Fsp3) is 0.353. The number of carbonyl (C=O) groups is 1. The summed E-state index contributed by atoms with van der Waals surface area (Å²) in [5, 5.41) is 11.0. The topological polar surface area (TPSA) is 58.1 Å². The fourth-order valence-corrected chi connectivity index (χ4v) is 2.26. The minimum absolute atomic E-state index is 0.208. The average Bonchev–Trinajstić information content (AvgIpc) is 2.54. The molecule has 5 heteroatoms. The maximum atomic E-state index is 12.1. The van der Waals surface area contributed by atoms with Gasteiger partial charge in [-0.25, -0.2) is 0 Å². The number of carbonyl (C=O) groups excluding carboxylic acids is 1. The molecule has 0 unspecified atom stereocenters. The molecule has 22 heavy (non-hydrogen) atoms. The standard InChI is InChI=1S/C17H22N4O/c1-4-21(5-2)16-10-9-15(19-20-16)17(22)18-12-14-8-6-7-13(3)11-14/h6-11H,4-5,12H2,1-3H3,(H,18,22). The number of hydrogen-bond acceptors (Lipinski definition) is 4. The van der Waals surface area contributed by atoms with Crippen LogP contribution in [0.25, 0.3) is 0 Å². The lowest BCUT2D eigenvalue weighted by molar-refractivity contribution is 0.0945. The van der Waals surface area contributed by atoms with Gasteiger partial charge in [-0.15, -0.1) is 10.2 Å². The first kappa shape index (κ1) is 15.9. The molecule has 0 spiro atoms. The molecule has 2 aromatic rings. The lowest BCUT2D eigenvalue weighted by atomic mass is 10.1. The normalized spacial score (nSPS) is 10.3. The summed E-state index contributed by atoms with van der Waals surface area (Å²) in [4.78, 5) is 14.2. The van der Waals surface area contributed by atoms with Gasteiger partial charge in [0.05, 0.1) is 0 Å². The van der Waals surface area contributed by atoms with Crippen LogP contribution in [0.4, 0.5) is 5.82 Å². The van der Waals surface area contributed by atoms with Crippen molar-refractivity contribution in [1.82, 2.24) is 15.5 Å². The van der Waals surface area contributed by atoms with Gasteiger partial charge < -0.3 is 10.2 Å². The molecule has 1 amide bonds. The van der Waals surface area contributed by atoms with Crippen molar-refractivity contribution in [2.24, 2.45) is 0 Å². The number of aryl methyl sites for hydroxylation is 1. The first-order valence-electron chi connectivity index (χ1n) is 7.56. The number of rotatable bonds is 6. The van der Waals surface area contributed by atoms with Crippen LogP contribution < -0.4 is 10.2 Å². The second-order valence-electron chi connectivity index (χ2n) is 5.12. The second kappa shape index (κ2) is 7.54. The van der Waals surface area contributed by atoms with Crippen molar-refractivity contribution in [2.75, 3.05) is 18.0 Å². The molecule has 0 aliphatic carbocycles. The van der Waals surface area contributed by atoms with E-state index in [0.29, 0.717) is 12.2 Å². The Morgan fingerprint density at radius 2 is 1.91 bits per heavy atom. The Labute approximate surface area is 131 Å². The van der Waals surface area contributed by atoms with Crippen LogP contribution in [-0.2, 0) is 6.54 Å². The largest absolute Gasteiger partial charge is 0.356 e. The van der Waals surface area contributed by atoms with E-state index in [1.165, 1.54) is 5.56 Å². The van der Waals surface area contributed by atoms with Crippen molar-refractivity contribution in [3.63, 3.8) is 0 Å². The Bertz CT molecular complexity index is 621. The molecule has 1 aromatic carbocycles. The van der Waals surface area contributed by atoms with Crippen LogP contribution in [0.5, 0.6) is 0 Å². The van der Waals surface area contributed by atoms with Crippen LogP contribution in [0.1, 0.15) is 35.5 Å². The predicted molar refractivity (Wildman–Crippen MR) is 87.9 cm³/mol. The highest BCUT2D eigenvalue weighted by atomic mass is 16.1. The third-order valence-corrected chi connectivity index (χ3v) is 3.51. The van der Waals surface area contributed by atoms with Gasteiger partial charge in [-0.1, -0.05) is 29.8 Å². The molecule has 1 aromatic heterocycles. The summed E-state index contributed by atoms with van der Waals surface area (Å²) in [6.45, 7) is 8.37. The maximum absolute atomic E-state index is 12.1. The smallest absolute Gasteiger partial charge is 0.272 e. The van der Waals surface area contributed by atoms with E-state index in [2.05, 4.69) is 40.3 Å². The average molecular weight is 298 g/mol. The van der Waals surface area contributed by atoms with E-state index in [1.807, 2.05) is 31.2 Å². The summed E-state index contributed by atoms with van der Waals surface area (Å²) in [5.41, 5.74) is 2.58. The highest BCUT2D eigenvalue weighted by Crippen LogP contribution is 2.09. The molecule has 116 valence electrons. The molecule has 0 saturated heterocycles. The molecule has 1 N–H and O–H groups in total. The van der Waals surface area contributed by atoms with Gasteiger partial charge in [0.1, 0.15) is 0 Å². The predicted octanol–water partition coefficient (Wildman–Crippen LogP) is 2.56. The Balaban J connectivity index is 1.98. The molecule has 0 aliphatic rings. The summed E-state index contributed by atoms with van der Waals surface area (Å²) in [7, 11) is 0. The van der Waals surface area contributed by atoms with Gasteiger partial charge in [-0.3, -0.25) is 4.79 Å². The Hall–Kier alpha value is -2.43. The van der Waals surface area contributed by atoms with E-state index in [9.17, 15) is 4.79 Å². The fourth-order valence-electron chi connectivity index (χ4n) is 2.26. The van der Waals surface area contributed by atoms with Gasteiger partial charge in [0.25, 0.3) is 5.91 Å². The zero-order valence-corrected chi connectivity index (χ0v) is 13.3. The van der Waals surface area contributed by atoms with Gasteiger partial charge >= 0.3 is 0 Å². The first-order chi connectivity index (χ1) is 10.6. The molecular formula is C17H22N4O. The number of benzene rings is 1. The SMILES string of the molecule is CCN(CC)c1ccc(C(=O)NCc2cccc(C)c2)nn1. The van der Waals surface area contributed by atoms with E-state index in [-0.39, 0.29) is 5.91 Å². The minimum atomic E-state index is -0.208. The van der Waals surface area contributed by atoms with Crippen molar-refractivity contribution in [1.29, 1.82) is 0 Å². The van der Waals surface area contributed by atoms with Gasteiger partial charge in [0.15, 0.2) is 11.5 Å². The van der Waals surface area contributed by atoms with Crippen molar-refractivity contribution >= 4 is 11.7 Å². The maximum Gasteiger partial charge on any atom is 0.272 e. The number of nitrogens with zero attached hydrogens (tertiary/aromatic N) is 3. The van der Waals surface area contributed by atoms with Crippen LogP contribution in [0.3, 0.4) is 0 Å². The zero-order chi connectivity index (χ0) is 15.9. The summed E-state index contributed by atoms with van der Waals surface area (Å²) in [5.74, 6) is 0.584. The first-order valence-corrected chi connectivity index (χ1v) is 7.56. The molecule has 0 bridgehead atoms. The van der Waals surface area contributed by atoms with Crippen LogP contribution >= 0.6 is 0 Å². The Morgan fingerprint density at radius 1 is 1.14 bits per heavy atom. The van der Waals surface area contributed by atoms with Crippen LogP contribution in [0.2, 0.25) is 0 Å². The highest BCUT2D eigenvalue weighted by Gasteiger charge is 2.10. The quantitative estimate of drug-likeness (QED) is 0.890. The Morgan fingerprint density at radius 3 is 2.50 bits per heavy atom. The minimum Gasteiger partial charge on any atom is -0.356 e. The van der Waals surface area contributed by atoms with Crippen LogP contribution in [0, 0.1) is 6.92 Å². The highest BCUT2D eigenvalue weighted by molar-refractivity contribution is 5.92. The van der Waals surface area contributed by atoms with Crippen LogP contribution in [0.15, 0.2) is 36.4 Å². The lowest BCUT2D eigenvalue weighted by Gasteiger charge is -2.18. The van der Waals surface area contributed by atoms with Gasteiger partial charge in [0, 0.05) is 19.6 Å². The Kier molecular flexibility index (Phi) is 5.47. The zero-order valence-electron chi connectivity index (χ0n) is 13.3. The summed E-state index contributed by atoms with van der Waals surface area (Å²) < 4.78 is 0. The molecule has 0 aliphatic heterocycles. The lowest BCUT2D eigenvalue weighted by Crippen LogP contribution is -2.26. The van der Waals surface area contributed by atoms with Gasteiger partial charge in [-0.05, 0) is 38.5 Å². The van der Waals surface area contributed by atoms with Crippen molar-refractivity contribution in [3.05, 3.63) is 53.2 Å². The number of anilines is 1. The van der Waals surface area contributed by atoms with Crippen molar-refractivity contribution in [3.8, 4) is 0 Å². The summed E-state index contributed by atoms with van der Waals surface area (Å²) in [6.07, 6.45) is 0. The monoisotopic (exact) mass is 298 g/mol. The third-order valence-electron chi connectivity index (χ3n) is 3.51. The van der Waals surface area contributed by atoms with E-state index < -0.39 is 0 Å². The molecule has 5 nitrogen and oxygen atoms in total. The number of amides is 1.